The van der Waals surface area contributed by atoms with Crippen LogP contribution in [0.4, 0.5) is 0 Å². The van der Waals surface area contributed by atoms with Gasteiger partial charge < -0.3 is 10.2 Å². The summed E-state index contributed by atoms with van der Waals surface area (Å²) in [5, 5.41) is 7.56. The molecule has 102 valence electrons. The molecule has 0 bridgehead atoms. The fourth-order valence-electron chi connectivity index (χ4n) is 2.00. The first-order chi connectivity index (χ1) is 8.62. The van der Waals surface area contributed by atoms with Crippen LogP contribution in [-0.2, 0) is 17.9 Å². The van der Waals surface area contributed by atoms with Crippen molar-refractivity contribution in [3.63, 3.8) is 0 Å². The molecule has 18 heavy (non-hydrogen) atoms. The number of carbonyl (C=O) groups excluding carboxylic acids is 1. The molecular weight excluding hydrogens is 228 g/mol. The van der Waals surface area contributed by atoms with E-state index in [1.165, 1.54) is 0 Å². The largest absolute Gasteiger partial charge is 0.342 e. The van der Waals surface area contributed by atoms with Gasteiger partial charge in [0.25, 0.3) is 0 Å². The molecule has 1 amide bonds. The molecule has 0 atom stereocenters. The lowest BCUT2D eigenvalue weighted by Gasteiger charge is -2.18. The minimum atomic E-state index is 0.152. The molecule has 1 N–H and O–H groups in total. The van der Waals surface area contributed by atoms with Crippen molar-refractivity contribution in [2.75, 3.05) is 19.6 Å². The number of hydrogen-bond acceptors (Lipinski definition) is 3. The Kier molecular flexibility index (Phi) is 5.85. The Hall–Kier alpha value is -1.36. The van der Waals surface area contributed by atoms with Crippen molar-refractivity contribution < 1.29 is 4.79 Å². The molecule has 1 aromatic heterocycles. The van der Waals surface area contributed by atoms with Crippen molar-refractivity contribution in [2.45, 2.75) is 40.8 Å². The molecule has 5 heteroatoms. The number of aromatic nitrogens is 2. The molecule has 0 aliphatic rings. The third kappa shape index (κ3) is 3.84. The molecule has 0 unspecified atom stereocenters. The van der Waals surface area contributed by atoms with Crippen molar-refractivity contribution in [3.8, 4) is 0 Å². The van der Waals surface area contributed by atoms with Crippen LogP contribution in [0.1, 0.15) is 32.2 Å². The Morgan fingerprint density at radius 3 is 2.61 bits per heavy atom. The highest BCUT2D eigenvalue weighted by Crippen LogP contribution is 2.03. The average molecular weight is 252 g/mol. The second-order valence-corrected chi connectivity index (χ2v) is 4.26. The van der Waals surface area contributed by atoms with E-state index in [1.807, 2.05) is 30.4 Å². The van der Waals surface area contributed by atoms with E-state index in [-0.39, 0.29) is 5.91 Å². The Balaban J connectivity index is 2.43. The van der Waals surface area contributed by atoms with Crippen LogP contribution in [0.5, 0.6) is 0 Å². The van der Waals surface area contributed by atoms with Crippen molar-refractivity contribution in [1.29, 1.82) is 0 Å². The summed E-state index contributed by atoms with van der Waals surface area (Å²) >= 11 is 0. The molecular formula is C13H24N4O. The van der Waals surface area contributed by atoms with Crippen molar-refractivity contribution in [1.82, 2.24) is 20.0 Å². The molecule has 1 rings (SSSR count). The van der Waals surface area contributed by atoms with Crippen LogP contribution >= 0.6 is 0 Å². The van der Waals surface area contributed by atoms with Gasteiger partial charge in [0.15, 0.2) is 0 Å². The maximum absolute atomic E-state index is 11.8. The van der Waals surface area contributed by atoms with Gasteiger partial charge in [0.2, 0.25) is 5.91 Å². The van der Waals surface area contributed by atoms with Crippen LogP contribution < -0.4 is 5.32 Å². The molecule has 0 saturated heterocycles. The monoisotopic (exact) mass is 252 g/mol. The minimum absolute atomic E-state index is 0.152. The van der Waals surface area contributed by atoms with Gasteiger partial charge in [-0.15, -0.1) is 0 Å². The third-order valence-corrected chi connectivity index (χ3v) is 2.98. The third-order valence-electron chi connectivity index (χ3n) is 2.98. The summed E-state index contributed by atoms with van der Waals surface area (Å²) in [7, 11) is 0. The Bertz CT molecular complexity index is 382. The second-order valence-electron chi connectivity index (χ2n) is 4.26. The predicted molar refractivity (Wildman–Crippen MR) is 72.3 cm³/mol. The predicted octanol–water partition coefficient (Wildman–Crippen LogP) is 1.17. The topological polar surface area (TPSA) is 50.2 Å². The summed E-state index contributed by atoms with van der Waals surface area (Å²) < 4.78 is 1.96. The summed E-state index contributed by atoms with van der Waals surface area (Å²) in [6.07, 6.45) is 0. The molecule has 5 nitrogen and oxygen atoms in total. The van der Waals surface area contributed by atoms with Crippen molar-refractivity contribution in [2.24, 2.45) is 0 Å². The molecule has 0 spiro atoms. The maximum atomic E-state index is 11.8. The van der Waals surface area contributed by atoms with Gasteiger partial charge in [0, 0.05) is 26.2 Å². The highest BCUT2D eigenvalue weighted by molar-refractivity contribution is 5.78. The standard InChI is InChI=1S/C13H24N4O/c1-5-16(6-2)13(18)10-14-9-12-8-11(4)15-17(12)7-3/h8,14H,5-7,9-10H2,1-4H3. The van der Waals surface area contributed by atoms with E-state index in [0.29, 0.717) is 13.1 Å². The number of nitrogens with zero attached hydrogens (tertiary/aromatic N) is 3. The molecule has 0 aliphatic heterocycles. The minimum Gasteiger partial charge on any atom is -0.342 e. The molecule has 0 aliphatic carbocycles. The maximum Gasteiger partial charge on any atom is 0.236 e. The van der Waals surface area contributed by atoms with E-state index in [2.05, 4.69) is 23.4 Å². The van der Waals surface area contributed by atoms with Crippen LogP contribution in [0.3, 0.4) is 0 Å². The molecule has 1 heterocycles. The quantitative estimate of drug-likeness (QED) is 0.792. The Morgan fingerprint density at radius 1 is 1.39 bits per heavy atom. The summed E-state index contributed by atoms with van der Waals surface area (Å²) in [6.45, 7) is 11.5. The Morgan fingerprint density at radius 2 is 2.06 bits per heavy atom. The van der Waals surface area contributed by atoms with E-state index >= 15 is 0 Å². The van der Waals surface area contributed by atoms with Crippen LogP contribution in [0.2, 0.25) is 0 Å². The van der Waals surface area contributed by atoms with Gasteiger partial charge in [-0.3, -0.25) is 9.48 Å². The van der Waals surface area contributed by atoms with Crippen LogP contribution in [0, 0.1) is 6.92 Å². The summed E-state index contributed by atoms with van der Waals surface area (Å²) in [5.41, 5.74) is 2.14. The van der Waals surface area contributed by atoms with Crippen LogP contribution in [-0.4, -0.2) is 40.2 Å². The Labute approximate surface area is 109 Å². The molecule has 0 saturated carbocycles. The summed E-state index contributed by atoms with van der Waals surface area (Å²) in [5.74, 6) is 0.152. The second kappa shape index (κ2) is 7.16. The average Bonchev–Trinajstić information content (AvgIpc) is 2.71. The lowest BCUT2D eigenvalue weighted by atomic mass is 10.3. The molecule has 0 aromatic carbocycles. The van der Waals surface area contributed by atoms with Gasteiger partial charge in [0.1, 0.15) is 0 Å². The number of likely N-dealkylation sites (N-methyl/N-ethyl adjacent to an activating group) is 1. The number of aryl methyl sites for hydroxylation is 2. The number of amides is 1. The highest BCUT2D eigenvalue weighted by atomic mass is 16.2. The van der Waals surface area contributed by atoms with Crippen LogP contribution in [0.15, 0.2) is 6.07 Å². The SMILES string of the molecule is CCN(CC)C(=O)CNCc1cc(C)nn1CC. The number of nitrogens with one attached hydrogen (secondary N) is 1. The highest BCUT2D eigenvalue weighted by Gasteiger charge is 2.09. The van der Waals surface area contributed by atoms with Gasteiger partial charge in [0.05, 0.1) is 17.9 Å². The zero-order valence-electron chi connectivity index (χ0n) is 11.9. The van der Waals surface area contributed by atoms with E-state index in [0.717, 1.165) is 31.0 Å². The molecule has 0 radical (unpaired) electrons. The smallest absolute Gasteiger partial charge is 0.236 e. The molecule has 1 aromatic rings. The van der Waals surface area contributed by atoms with E-state index in [4.69, 9.17) is 0 Å². The lowest BCUT2D eigenvalue weighted by Crippen LogP contribution is -2.37. The van der Waals surface area contributed by atoms with Gasteiger partial charge >= 0.3 is 0 Å². The fraction of sp³-hybridized carbons (Fsp3) is 0.692. The first kappa shape index (κ1) is 14.7. The van der Waals surface area contributed by atoms with Gasteiger partial charge in [-0.2, -0.15) is 5.10 Å². The fourth-order valence-corrected chi connectivity index (χ4v) is 2.00. The van der Waals surface area contributed by atoms with E-state index in [9.17, 15) is 4.79 Å². The lowest BCUT2D eigenvalue weighted by molar-refractivity contribution is -0.129. The normalized spacial score (nSPS) is 10.7. The number of carbonyl (C=O) groups is 1. The number of hydrogen-bond donors (Lipinski definition) is 1. The van der Waals surface area contributed by atoms with Gasteiger partial charge in [-0.05, 0) is 33.8 Å². The zero-order valence-corrected chi connectivity index (χ0v) is 11.9. The van der Waals surface area contributed by atoms with Gasteiger partial charge in [-0.1, -0.05) is 0 Å². The number of rotatable bonds is 7. The first-order valence-electron chi connectivity index (χ1n) is 6.64. The van der Waals surface area contributed by atoms with E-state index in [1.54, 1.807) is 0 Å². The first-order valence-corrected chi connectivity index (χ1v) is 6.64. The zero-order chi connectivity index (χ0) is 13.5. The summed E-state index contributed by atoms with van der Waals surface area (Å²) in [4.78, 5) is 13.6. The van der Waals surface area contributed by atoms with Crippen LogP contribution in [0.25, 0.3) is 0 Å². The van der Waals surface area contributed by atoms with E-state index < -0.39 is 0 Å². The van der Waals surface area contributed by atoms with Gasteiger partial charge in [-0.25, -0.2) is 0 Å². The summed E-state index contributed by atoms with van der Waals surface area (Å²) in [6, 6.07) is 2.05. The van der Waals surface area contributed by atoms with Crippen molar-refractivity contribution in [3.05, 3.63) is 17.5 Å². The van der Waals surface area contributed by atoms with Crippen molar-refractivity contribution >= 4 is 5.91 Å². The molecule has 0 fully saturated rings.